The third-order valence-electron chi connectivity index (χ3n) is 4.88. The summed E-state index contributed by atoms with van der Waals surface area (Å²) in [6, 6.07) is 0. The predicted octanol–water partition coefficient (Wildman–Crippen LogP) is 3.59. The van der Waals surface area contributed by atoms with E-state index >= 15 is 0 Å². The van der Waals surface area contributed by atoms with Crippen LogP contribution in [0.15, 0.2) is 11.1 Å². The van der Waals surface area contributed by atoms with Crippen LogP contribution >= 0.6 is 11.6 Å². The second-order valence-electron chi connectivity index (χ2n) is 6.97. The summed E-state index contributed by atoms with van der Waals surface area (Å²) in [7, 11) is 0. The van der Waals surface area contributed by atoms with Crippen molar-refractivity contribution in [2.24, 2.45) is 11.8 Å². The van der Waals surface area contributed by atoms with Gasteiger partial charge >= 0.3 is 0 Å². The van der Waals surface area contributed by atoms with Crippen LogP contribution in [0.4, 0.5) is 0 Å². The summed E-state index contributed by atoms with van der Waals surface area (Å²) in [6.45, 7) is 3.75. The van der Waals surface area contributed by atoms with E-state index in [1.165, 1.54) is 32.1 Å². The van der Waals surface area contributed by atoms with E-state index in [0.29, 0.717) is 5.03 Å². The Morgan fingerprint density at radius 1 is 1.25 bits per heavy atom. The fourth-order valence-corrected chi connectivity index (χ4v) is 4.24. The van der Waals surface area contributed by atoms with Crippen LogP contribution < -0.4 is 0 Å². The van der Waals surface area contributed by atoms with Crippen LogP contribution in [0.2, 0.25) is 0 Å². The molecule has 0 radical (unpaired) electrons. The zero-order chi connectivity index (χ0) is 14.3. The molecule has 0 aromatic heterocycles. The van der Waals surface area contributed by atoms with E-state index in [9.17, 15) is 5.11 Å². The smallest absolute Gasteiger partial charge is 0.164 e. The van der Waals surface area contributed by atoms with E-state index < -0.39 is 11.9 Å². The second-order valence-corrected chi connectivity index (χ2v) is 7.40. The molecule has 3 rings (SSSR count). The largest absolute Gasteiger partial charge is 0.390 e. The number of hydrogen-bond donors (Lipinski definition) is 1. The van der Waals surface area contributed by atoms with E-state index in [2.05, 4.69) is 0 Å². The summed E-state index contributed by atoms with van der Waals surface area (Å²) in [5.41, 5.74) is 0. The lowest BCUT2D eigenvalue weighted by Gasteiger charge is -2.35. The monoisotopic (exact) mass is 300 g/mol. The molecular formula is C16H25ClO3. The van der Waals surface area contributed by atoms with Crippen molar-refractivity contribution in [1.82, 2.24) is 0 Å². The first kappa shape index (κ1) is 14.8. The van der Waals surface area contributed by atoms with Gasteiger partial charge in [-0.05, 0) is 26.2 Å². The standard InChI is InChI=1S/C16H25ClO3/c1-16(2)19-14-12(17)9-11(13(18)15(14)20-16)8-10-6-4-3-5-7-10/h9-11,13-15,18H,3-8H2,1-2H3/t11-,13?,14+,15-/m0/s1. The van der Waals surface area contributed by atoms with E-state index in [0.717, 1.165) is 12.3 Å². The Labute approximate surface area is 126 Å². The van der Waals surface area contributed by atoms with Crippen LogP contribution in [0.3, 0.4) is 0 Å². The van der Waals surface area contributed by atoms with Gasteiger partial charge in [0.2, 0.25) is 0 Å². The third-order valence-corrected chi connectivity index (χ3v) is 5.22. The Morgan fingerprint density at radius 2 is 1.95 bits per heavy atom. The van der Waals surface area contributed by atoms with Crippen LogP contribution in [0.1, 0.15) is 52.4 Å². The van der Waals surface area contributed by atoms with Crippen LogP contribution in [0.25, 0.3) is 0 Å². The van der Waals surface area contributed by atoms with Gasteiger partial charge in [-0.1, -0.05) is 49.8 Å². The minimum atomic E-state index is -0.663. The van der Waals surface area contributed by atoms with Gasteiger partial charge in [0.05, 0.1) is 6.10 Å². The maximum absolute atomic E-state index is 10.6. The van der Waals surface area contributed by atoms with Crippen molar-refractivity contribution < 1.29 is 14.6 Å². The van der Waals surface area contributed by atoms with Crippen LogP contribution in [-0.2, 0) is 9.47 Å². The van der Waals surface area contributed by atoms with Crippen LogP contribution in [-0.4, -0.2) is 29.2 Å². The first-order valence-electron chi connectivity index (χ1n) is 7.87. The molecular weight excluding hydrogens is 276 g/mol. The van der Waals surface area contributed by atoms with Gasteiger partial charge in [0, 0.05) is 11.0 Å². The summed E-state index contributed by atoms with van der Waals surface area (Å²) >= 11 is 6.37. The lowest BCUT2D eigenvalue weighted by Crippen LogP contribution is -2.44. The Morgan fingerprint density at radius 3 is 2.65 bits per heavy atom. The second kappa shape index (κ2) is 5.60. The van der Waals surface area contributed by atoms with E-state index in [-0.39, 0.29) is 18.1 Å². The molecule has 114 valence electrons. The average molecular weight is 301 g/mol. The fourth-order valence-electron chi connectivity index (χ4n) is 3.91. The number of rotatable bonds is 2. The predicted molar refractivity (Wildman–Crippen MR) is 78.4 cm³/mol. The Hall–Kier alpha value is -0.0900. The fraction of sp³-hybridized carbons (Fsp3) is 0.875. The number of ether oxygens (including phenoxy) is 2. The van der Waals surface area contributed by atoms with Crippen molar-refractivity contribution >= 4 is 11.6 Å². The molecule has 3 aliphatic rings. The molecule has 3 nitrogen and oxygen atoms in total. The highest BCUT2D eigenvalue weighted by atomic mass is 35.5. The van der Waals surface area contributed by atoms with Gasteiger partial charge in [-0.3, -0.25) is 0 Å². The molecule has 1 saturated heterocycles. The van der Waals surface area contributed by atoms with Crippen molar-refractivity contribution in [3.05, 3.63) is 11.1 Å². The number of aliphatic hydroxyl groups excluding tert-OH is 1. The topological polar surface area (TPSA) is 38.7 Å². The summed E-state index contributed by atoms with van der Waals surface area (Å²) in [5, 5.41) is 11.3. The number of fused-ring (bicyclic) bond motifs is 1. The first-order valence-corrected chi connectivity index (χ1v) is 8.25. The maximum Gasteiger partial charge on any atom is 0.164 e. The quantitative estimate of drug-likeness (QED) is 0.847. The number of halogens is 1. The molecule has 0 bridgehead atoms. The van der Waals surface area contributed by atoms with Gasteiger partial charge in [-0.2, -0.15) is 0 Å². The molecule has 0 spiro atoms. The maximum atomic E-state index is 10.6. The van der Waals surface area contributed by atoms with Crippen molar-refractivity contribution in [2.75, 3.05) is 0 Å². The lowest BCUT2D eigenvalue weighted by atomic mass is 9.77. The van der Waals surface area contributed by atoms with Crippen molar-refractivity contribution in [1.29, 1.82) is 0 Å². The van der Waals surface area contributed by atoms with E-state index in [1.807, 2.05) is 19.9 Å². The van der Waals surface area contributed by atoms with Crippen molar-refractivity contribution in [3.8, 4) is 0 Å². The highest BCUT2D eigenvalue weighted by Gasteiger charge is 2.50. The highest BCUT2D eigenvalue weighted by molar-refractivity contribution is 6.30. The molecule has 1 N–H and O–H groups in total. The summed E-state index contributed by atoms with van der Waals surface area (Å²) in [6.07, 6.45) is 8.46. The molecule has 4 atom stereocenters. The molecule has 1 heterocycles. The summed E-state index contributed by atoms with van der Waals surface area (Å²) < 4.78 is 11.6. The normalized spacial score (nSPS) is 41.3. The molecule has 0 amide bonds. The molecule has 4 heteroatoms. The first-order chi connectivity index (χ1) is 9.46. The van der Waals surface area contributed by atoms with Gasteiger partial charge in [0.1, 0.15) is 12.2 Å². The zero-order valence-electron chi connectivity index (χ0n) is 12.3. The molecule has 0 aromatic rings. The average Bonchev–Trinajstić information content (AvgIpc) is 2.74. The van der Waals surface area contributed by atoms with E-state index in [1.54, 1.807) is 0 Å². The van der Waals surface area contributed by atoms with Gasteiger partial charge in [-0.15, -0.1) is 0 Å². The number of hydrogen-bond acceptors (Lipinski definition) is 3. The third kappa shape index (κ3) is 2.92. The Bertz CT molecular complexity index is 387. The van der Waals surface area contributed by atoms with Gasteiger partial charge < -0.3 is 14.6 Å². The number of aliphatic hydroxyl groups is 1. The Balaban J connectivity index is 1.70. The van der Waals surface area contributed by atoms with Crippen molar-refractivity contribution in [2.45, 2.75) is 76.5 Å². The molecule has 1 unspecified atom stereocenters. The van der Waals surface area contributed by atoms with Gasteiger partial charge in [0.25, 0.3) is 0 Å². The van der Waals surface area contributed by atoms with E-state index in [4.69, 9.17) is 21.1 Å². The SMILES string of the molecule is CC1(C)O[C@@H]2C(Cl)=C[C@H](CC3CCCCC3)C(O)[C@@H]2O1. The molecule has 20 heavy (non-hydrogen) atoms. The minimum Gasteiger partial charge on any atom is -0.390 e. The molecule has 2 fully saturated rings. The van der Waals surface area contributed by atoms with Crippen LogP contribution in [0.5, 0.6) is 0 Å². The molecule has 1 aliphatic heterocycles. The van der Waals surface area contributed by atoms with Crippen molar-refractivity contribution in [3.63, 3.8) is 0 Å². The zero-order valence-corrected chi connectivity index (χ0v) is 13.1. The summed E-state index contributed by atoms with van der Waals surface area (Å²) in [4.78, 5) is 0. The highest BCUT2D eigenvalue weighted by Crippen LogP contribution is 2.43. The van der Waals surface area contributed by atoms with Gasteiger partial charge in [-0.25, -0.2) is 0 Å². The Kier molecular flexibility index (Phi) is 4.15. The minimum absolute atomic E-state index is 0.101. The summed E-state index contributed by atoms with van der Waals surface area (Å²) in [5.74, 6) is 0.157. The molecule has 2 aliphatic carbocycles. The molecule has 0 aromatic carbocycles. The lowest BCUT2D eigenvalue weighted by molar-refractivity contribution is -0.155. The van der Waals surface area contributed by atoms with Gasteiger partial charge in [0.15, 0.2) is 5.79 Å². The molecule has 1 saturated carbocycles. The van der Waals surface area contributed by atoms with Crippen LogP contribution in [0, 0.1) is 11.8 Å².